The fourth-order valence-corrected chi connectivity index (χ4v) is 4.11. The molecule has 0 aliphatic carbocycles. The maximum atomic E-state index is 12.2. The number of amides is 2. The lowest BCUT2D eigenvalue weighted by molar-refractivity contribution is -0.0236. The van der Waals surface area contributed by atoms with Crippen molar-refractivity contribution < 1.29 is 14.6 Å². The van der Waals surface area contributed by atoms with Crippen molar-refractivity contribution in [3.05, 3.63) is 59.7 Å². The van der Waals surface area contributed by atoms with Crippen LogP contribution in [0.2, 0.25) is 0 Å². The van der Waals surface area contributed by atoms with Gasteiger partial charge in [-0.3, -0.25) is 0 Å². The number of rotatable bonds is 1. The average molecular weight is 338 g/mol. The Labute approximate surface area is 147 Å². The van der Waals surface area contributed by atoms with Gasteiger partial charge in [-0.15, -0.1) is 0 Å². The van der Waals surface area contributed by atoms with Gasteiger partial charge in [-0.25, -0.2) is 4.79 Å². The van der Waals surface area contributed by atoms with Crippen LogP contribution in [-0.2, 0) is 0 Å². The zero-order chi connectivity index (χ0) is 17.7. The molecule has 2 heterocycles. The minimum Gasteiger partial charge on any atom is -0.508 e. The lowest BCUT2D eigenvalue weighted by Crippen LogP contribution is -2.69. The van der Waals surface area contributed by atoms with Gasteiger partial charge in [-0.05, 0) is 25.5 Å². The summed E-state index contributed by atoms with van der Waals surface area (Å²) < 4.78 is 6.27. The van der Waals surface area contributed by atoms with Gasteiger partial charge in [0.15, 0.2) is 5.72 Å². The summed E-state index contributed by atoms with van der Waals surface area (Å²) in [5.41, 5.74) is 1.02. The van der Waals surface area contributed by atoms with Gasteiger partial charge in [0.2, 0.25) is 0 Å². The normalized spacial score (nSPS) is 27.0. The second-order valence-corrected chi connectivity index (χ2v) is 7.63. The van der Waals surface area contributed by atoms with E-state index >= 15 is 0 Å². The Bertz CT molecular complexity index is 819. The number of hydrogen-bond acceptors (Lipinski definition) is 3. The number of aromatic hydroxyl groups is 1. The van der Waals surface area contributed by atoms with Crippen LogP contribution in [0, 0.1) is 0 Å². The summed E-state index contributed by atoms with van der Waals surface area (Å²) in [4.78, 5) is 12.2. The van der Waals surface area contributed by atoms with Gasteiger partial charge in [0.05, 0.1) is 0 Å². The van der Waals surface area contributed by atoms with Crippen LogP contribution in [0.3, 0.4) is 0 Å². The van der Waals surface area contributed by atoms with Crippen LogP contribution < -0.4 is 15.4 Å². The van der Waals surface area contributed by atoms with Crippen LogP contribution in [-0.4, -0.2) is 22.4 Å². The number of carbonyl (C=O) groups excluding carboxylic acids is 1. The predicted molar refractivity (Wildman–Crippen MR) is 94.7 cm³/mol. The molecule has 1 saturated heterocycles. The number of urea groups is 1. The lowest BCUT2D eigenvalue weighted by atomic mass is 9.77. The molecule has 4 rings (SSSR count). The Morgan fingerprint density at radius 2 is 1.88 bits per heavy atom. The number of hydrogen-bond donors (Lipinski definition) is 3. The highest BCUT2D eigenvalue weighted by Crippen LogP contribution is 2.47. The van der Waals surface area contributed by atoms with Crippen molar-refractivity contribution >= 4 is 6.03 Å². The van der Waals surface area contributed by atoms with Gasteiger partial charge in [-0.2, -0.15) is 0 Å². The molecule has 0 bridgehead atoms. The standard InChI is InChI=1S/C20H22N2O3/c1-19(2)12-20(22-18(24)21-19)11-16(13-6-4-3-5-7-13)15-9-8-14(23)10-17(15)25-20/h3-10,16,23H,11-12H2,1-2H3,(H2,21,22,24)/t16-,20-/m0/s1. The Morgan fingerprint density at radius 3 is 2.60 bits per heavy atom. The third kappa shape index (κ3) is 2.90. The molecule has 25 heavy (non-hydrogen) atoms. The van der Waals surface area contributed by atoms with E-state index in [1.54, 1.807) is 12.1 Å². The van der Waals surface area contributed by atoms with Gasteiger partial charge in [-0.1, -0.05) is 36.4 Å². The summed E-state index contributed by atoms with van der Waals surface area (Å²) in [5, 5.41) is 15.8. The van der Waals surface area contributed by atoms with Crippen molar-refractivity contribution in [3.63, 3.8) is 0 Å². The number of benzene rings is 2. The number of nitrogens with one attached hydrogen (secondary N) is 2. The quantitative estimate of drug-likeness (QED) is 0.745. The third-order valence-electron chi connectivity index (χ3n) is 4.93. The van der Waals surface area contributed by atoms with Crippen LogP contribution in [0.4, 0.5) is 4.79 Å². The first-order chi connectivity index (χ1) is 11.9. The molecular formula is C20H22N2O3. The van der Waals surface area contributed by atoms with Crippen molar-refractivity contribution in [3.8, 4) is 11.5 Å². The van der Waals surface area contributed by atoms with E-state index in [2.05, 4.69) is 22.8 Å². The largest absolute Gasteiger partial charge is 0.508 e. The molecular weight excluding hydrogens is 316 g/mol. The second kappa shape index (κ2) is 5.41. The minimum absolute atomic E-state index is 0.0831. The molecule has 0 radical (unpaired) electrons. The van der Waals surface area contributed by atoms with Crippen molar-refractivity contribution in [2.24, 2.45) is 0 Å². The van der Waals surface area contributed by atoms with Gasteiger partial charge >= 0.3 is 6.03 Å². The van der Waals surface area contributed by atoms with Crippen LogP contribution in [0.25, 0.3) is 0 Å². The molecule has 2 aliphatic heterocycles. The van der Waals surface area contributed by atoms with Crippen LogP contribution >= 0.6 is 0 Å². The number of phenols is 1. The molecule has 0 unspecified atom stereocenters. The molecule has 2 aromatic rings. The molecule has 0 aromatic heterocycles. The highest BCUT2D eigenvalue weighted by Gasteiger charge is 2.49. The Morgan fingerprint density at radius 1 is 1.12 bits per heavy atom. The van der Waals surface area contributed by atoms with Crippen molar-refractivity contribution in [1.82, 2.24) is 10.6 Å². The van der Waals surface area contributed by atoms with Gasteiger partial charge in [0, 0.05) is 35.9 Å². The Kier molecular flexibility index (Phi) is 3.42. The summed E-state index contributed by atoms with van der Waals surface area (Å²) in [7, 11) is 0. The van der Waals surface area contributed by atoms with E-state index < -0.39 is 5.72 Å². The molecule has 3 N–H and O–H groups in total. The summed E-state index contributed by atoms with van der Waals surface area (Å²) >= 11 is 0. The molecule has 5 nitrogen and oxygen atoms in total. The Hall–Kier alpha value is -2.69. The smallest absolute Gasteiger partial charge is 0.318 e. The Balaban J connectivity index is 1.82. The third-order valence-corrected chi connectivity index (χ3v) is 4.93. The number of phenolic OH excluding ortho intramolecular Hbond substituents is 1. The minimum atomic E-state index is -0.798. The van der Waals surface area contributed by atoms with Crippen molar-refractivity contribution in [2.45, 2.75) is 43.9 Å². The molecule has 2 atom stereocenters. The first kappa shape index (κ1) is 15.8. The highest BCUT2D eigenvalue weighted by molar-refractivity contribution is 5.77. The molecule has 2 aliphatic rings. The lowest BCUT2D eigenvalue weighted by Gasteiger charge is -2.49. The zero-order valence-electron chi connectivity index (χ0n) is 14.4. The molecule has 1 fully saturated rings. The summed E-state index contributed by atoms with van der Waals surface area (Å²) in [6.45, 7) is 3.98. The molecule has 1 spiro atoms. The summed E-state index contributed by atoms with van der Waals surface area (Å²) in [6, 6.07) is 15.2. The van der Waals surface area contributed by atoms with Gasteiger partial charge < -0.3 is 20.5 Å². The van der Waals surface area contributed by atoms with Crippen LogP contribution in [0.15, 0.2) is 48.5 Å². The monoisotopic (exact) mass is 338 g/mol. The van der Waals surface area contributed by atoms with Crippen LogP contribution in [0.5, 0.6) is 11.5 Å². The van der Waals surface area contributed by atoms with E-state index in [0.717, 1.165) is 5.56 Å². The molecule has 130 valence electrons. The fourth-order valence-electron chi connectivity index (χ4n) is 4.11. The number of fused-ring (bicyclic) bond motifs is 1. The molecule has 0 saturated carbocycles. The molecule has 2 amide bonds. The number of ether oxygens (including phenoxy) is 1. The predicted octanol–water partition coefficient (Wildman–Crippen LogP) is 3.48. The average Bonchev–Trinajstić information content (AvgIpc) is 2.52. The summed E-state index contributed by atoms with van der Waals surface area (Å²) in [5.74, 6) is 0.861. The first-order valence-electron chi connectivity index (χ1n) is 8.53. The van der Waals surface area contributed by atoms with E-state index in [4.69, 9.17) is 4.74 Å². The van der Waals surface area contributed by atoms with E-state index in [1.807, 2.05) is 38.1 Å². The van der Waals surface area contributed by atoms with E-state index in [-0.39, 0.29) is 23.2 Å². The fraction of sp³-hybridized carbons (Fsp3) is 0.350. The van der Waals surface area contributed by atoms with E-state index in [9.17, 15) is 9.90 Å². The maximum absolute atomic E-state index is 12.2. The van der Waals surface area contributed by atoms with Crippen LogP contribution in [0.1, 0.15) is 43.7 Å². The highest BCUT2D eigenvalue weighted by atomic mass is 16.5. The van der Waals surface area contributed by atoms with Crippen molar-refractivity contribution in [1.29, 1.82) is 0 Å². The van der Waals surface area contributed by atoms with Crippen molar-refractivity contribution in [2.75, 3.05) is 0 Å². The van der Waals surface area contributed by atoms with Gasteiger partial charge in [0.25, 0.3) is 0 Å². The second-order valence-electron chi connectivity index (χ2n) is 7.63. The van der Waals surface area contributed by atoms with Gasteiger partial charge in [0.1, 0.15) is 11.5 Å². The van der Waals surface area contributed by atoms with E-state index in [0.29, 0.717) is 18.6 Å². The molecule has 2 aromatic carbocycles. The molecule has 5 heteroatoms. The summed E-state index contributed by atoms with van der Waals surface area (Å²) in [6.07, 6.45) is 1.27. The topological polar surface area (TPSA) is 70.6 Å². The van der Waals surface area contributed by atoms with E-state index in [1.165, 1.54) is 5.56 Å². The maximum Gasteiger partial charge on any atom is 0.318 e. The first-order valence-corrected chi connectivity index (χ1v) is 8.53. The zero-order valence-corrected chi connectivity index (χ0v) is 14.4. The SMILES string of the molecule is CC1(C)C[C@@]2(C[C@@H](c3ccccc3)c3ccc(O)cc3O2)NC(=O)N1. The number of carbonyl (C=O) groups is 1.